The van der Waals surface area contributed by atoms with Crippen LogP contribution in [0.1, 0.15) is 40.0 Å². The summed E-state index contributed by atoms with van der Waals surface area (Å²) < 4.78 is 0. The van der Waals surface area contributed by atoms with Crippen LogP contribution in [0.3, 0.4) is 0 Å². The number of hydrogen-bond acceptors (Lipinski definition) is 2. The number of fused-ring (bicyclic) bond motifs is 2. The van der Waals surface area contributed by atoms with Gasteiger partial charge in [0.2, 0.25) is 0 Å². The molecular weight excluding hydrogens is 174 g/mol. The van der Waals surface area contributed by atoms with Crippen LogP contribution in [0, 0.1) is 16.7 Å². The summed E-state index contributed by atoms with van der Waals surface area (Å²) in [6.07, 6.45) is 3.41. The van der Waals surface area contributed by atoms with Gasteiger partial charge in [-0.25, -0.2) is 0 Å². The van der Waals surface area contributed by atoms with E-state index in [0.29, 0.717) is 11.7 Å². The molecule has 0 aromatic rings. The molecule has 2 heteroatoms. The SMILES string of the molecule is CC(C)(C)C12CCCC(CNC1)C2=O. The van der Waals surface area contributed by atoms with Gasteiger partial charge >= 0.3 is 0 Å². The summed E-state index contributed by atoms with van der Waals surface area (Å²) in [6, 6.07) is 0. The highest BCUT2D eigenvalue weighted by molar-refractivity contribution is 5.89. The first kappa shape index (κ1) is 10.2. The van der Waals surface area contributed by atoms with E-state index in [9.17, 15) is 4.79 Å². The number of piperidine rings is 1. The monoisotopic (exact) mass is 195 g/mol. The maximum Gasteiger partial charge on any atom is 0.145 e. The predicted octanol–water partition coefficient (Wildman–Crippen LogP) is 1.99. The fourth-order valence-electron chi connectivity index (χ4n) is 3.14. The maximum atomic E-state index is 12.3. The molecule has 2 rings (SSSR count). The van der Waals surface area contributed by atoms with Crippen molar-refractivity contribution in [3.63, 3.8) is 0 Å². The van der Waals surface area contributed by atoms with Crippen molar-refractivity contribution < 1.29 is 4.79 Å². The quantitative estimate of drug-likeness (QED) is 0.640. The van der Waals surface area contributed by atoms with Crippen molar-refractivity contribution in [3.05, 3.63) is 0 Å². The van der Waals surface area contributed by atoms with E-state index in [1.807, 2.05) is 0 Å². The van der Waals surface area contributed by atoms with Crippen LogP contribution in [0.5, 0.6) is 0 Å². The molecule has 2 atom stereocenters. The number of carbonyl (C=O) groups excluding carboxylic acids is 1. The van der Waals surface area contributed by atoms with Crippen LogP contribution in [-0.4, -0.2) is 18.9 Å². The lowest BCUT2D eigenvalue weighted by Gasteiger charge is -2.51. The minimum Gasteiger partial charge on any atom is -0.315 e. The van der Waals surface area contributed by atoms with Crippen LogP contribution in [0.2, 0.25) is 0 Å². The molecule has 80 valence electrons. The standard InChI is InChI=1S/C12H21NO/c1-11(2,3)12-6-4-5-9(10(12)14)7-13-8-12/h9,13H,4-8H2,1-3H3. The van der Waals surface area contributed by atoms with Gasteiger partial charge in [0.1, 0.15) is 5.78 Å². The first-order chi connectivity index (χ1) is 6.47. The van der Waals surface area contributed by atoms with E-state index >= 15 is 0 Å². The van der Waals surface area contributed by atoms with Crippen LogP contribution < -0.4 is 5.32 Å². The van der Waals surface area contributed by atoms with Gasteiger partial charge in [0, 0.05) is 24.4 Å². The second-order valence-electron chi connectivity index (χ2n) is 5.92. The minimum atomic E-state index is -0.0752. The van der Waals surface area contributed by atoms with E-state index in [0.717, 1.165) is 25.9 Å². The summed E-state index contributed by atoms with van der Waals surface area (Å²) in [4.78, 5) is 12.3. The summed E-state index contributed by atoms with van der Waals surface area (Å²) in [5.74, 6) is 0.840. The largest absolute Gasteiger partial charge is 0.315 e. The van der Waals surface area contributed by atoms with Crippen molar-refractivity contribution in [2.45, 2.75) is 40.0 Å². The molecule has 1 aliphatic carbocycles. The number of nitrogens with one attached hydrogen (secondary N) is 1. The normalized spacial score (nSPS) is 38.5. The molecule has 1 heterocycles. The number of carbonyl (C=O) groups is 1. The highest BCUT2D eigenvalue weighted by Crippen LogP contribution is 2.49. The Kier molecular flexibility index (Phi) is 2.22. The fraction of sp³-hybridized carbons (Fsp3) is 0.917. The summed E-state index contributed by atoms with van der Waals surface area (Å²) >= 11 is 0. The smallest absolute Gasteiger partial charge is 0.145 e. The molecule has 2 bridgehead atoms. The molecule has 0 aromatic heterocycles. The molecule has 0 aromatic carbocycles. The summed E-state index contributed by atoms with van der Waals surface area (Å²) in [5, 5.41) is 3.44. The Morgan fingerprint density at radius 2 is 2.14 bits per heavy atom. The van der Waals surface area contributed by atoms with Crippen molar-refractivity contribution in [1.82, 2.24) is 5.32 Å². The topological polar surface area (TPSA) is 29.1 Å². The third-order valence-corrected chi connectivity index (χ3v) is 4.25. The molecule has 2 nitrogen and oxygen atoms in total. The molecule has 2 unspecified atom stereocenters. The molecule has 0 spiro atoms. The highest BCUT2D eigenvalue weighted by Gasteiger charge is 2.53. The summed E-state index contributed by atoms with van der Waals surface area (Å²) in [5.41, 5.74) is 0.0321. The van der Waals surface area contributed by atoms with Gasteiger partial charge in [-0.3, -0.25) is 4.79 Å². The molecule has 1 N–H and O–H groups in total. The lowest BCUT2D eigenvalue weighted by molar-refractivity contribution is -0.147. The van der Waals surface area contributed by atoms with Gasteiger partial charge in [-0.05, 0) is 18.3 Å². The Morgan fingerprint density at radius 1 is 1.43 bits per heavy atom. The van der Waals surface area contributed by atoms with Gasteiger partial charge in [-0.2, -0.15) is 0 Å². The first-order valence-electron chi connectivity index (χ1n) is 5.72. The molecule has 1 aliphatic heterocycles. The summed E-state index contributed by atoms with van der Waals surface area (Å²) in [6.45, 7) is 8.43. The van der Waals surface area contributed by atoms with Gasteiger partial charge < -0.3 is 5.32 Å². The van der Waals surface area contributed by atoms with Crippen molar-refractivity contribution >= 4 is 5.78 Å². The van der Waals surface area contributed by atoms with E-state index in [1.165, 1.54) is 6.42 Å². The molecule has 1 saturated heterocycles. The van der Waals surface area contributed by atoms with Crippen molar-refractivity contribution in [3.8, 4) is 0 Å². The van der Waals surface area contributed by atoms with Crippen LogP contribution in [0.4, 0.5) is 0 Å². The fourth-order valence-corrected chi connectivity index (χ4v) is 3.14. The zero-order valence-corrected chi connectivity index (χ0v) is 9.52. The second kappa shape index (κ2) is 3.06. The van der Waals surface area contributed by atoms with Crippen LogP contribution in [0.15, 0.2) is 0 Å². The van der Waals surface area contributed by atoms with Crippen molar-refractivity contribution in [2.75, 3.05) is 13.1 Å². The average molecular weight is 195 g/mol. The predicted molar refractivity (Wildman–Crippen MR) is 57.1 cm³/mol. The van der Waals surface area contributed by atoms with E-state index in [2.05, 4.69) is 26.1 Å². The lowest BCUT2D eigenvalue weighted by Crippen LogP contribution is -2.60. The van der Waals surface area contributed by atoms with Gasteiger partial charge in [-0.1, -0.05) is 27.2 Å². The molecule has 0 radical (unpaired) electrons. The van der Waals surface area contributed by atoms with Gasteiger partial charge in [0.15, 0.2) is 0 Å². The van der Waals surface area contributed by atoms with Crippen LogP contribution in [-0.2, 0) is 4.79 Å². The molecular formula is C12H21NO. The number of Topliss-reactive ketones (excluding diaryl/α,β-unsaturated/α-hetero) is 1. The Hall–Kier alpha value is -0.370. The average Bonchev–Trinajstić information content (AvgIpc) is 2.00. The van der Waals surface area contributed by atoms with E-state index in [1.54, 1.807) is 0 Å². The van der Waals surface area contributed by atoms with Crippen molar-refractivity contribution in [2.24, 2.45) is 16.7 Å². The molecule has 2 aliphatic rings. The molecule has 0 amide bonds. The van der Waals surface area contributed by atoms with Gasteiger partial charge in [0.25, 0.3) is 0 Å². The second-order valence-corrected chi connectivity index (χ2v) is 5.92. The Labute approximate surface area is 86.5 Å². The zero-order chi connectivity index (χ0) is 10.4. The lowest BCUT2D eigenvalue weighted by atomic mass is 9.55. The van der Waals surface area contributed by atoms with Crippen LogP contribution in [0.25, 0.3) is 0 Å². The zero-order valence-electron chi connectivity index (χ0n) is 9.52. The van der Waals surface area contributed by atoms with Gasteiger partial charge in [-0.15, -0.1) is 0 Å². The number of hydrogen-bond donors (Lipinski definition) is 1. The van der Waals surface area contributed by atoms with E-state index < -0.39 is 0 Å². The van der Waals surface area contributed by atoms with Crippen LogP contribution >= 0.6 is 0 Å². The summed E-state index contributed by atoms with van der Waals surface area (Å²) in [7, 11) is 0. The van der Waals surface area contributed by atoms with E-state index in [4.69, 9.17) is 0 Å². The third-order valence-electron chi connectivity index (χ3n) is 4.25. The Bertz CT molecular complexity index is 242. The number of ketones is 1. The highest BCUT2D eigenvalue weighted by atomic mass is 16.1. The number of rotatable bonds is 0. The molecule has 1 saturated carbocycles. The molecule has 2 fully saturated rings. The van der Waals surface area contributed by atoms with Crippen molar-refractivity contribution in [1.29, 1.82) is 0 Å². The maximum absolute atomic E-state index is 12.3. The first-order valence-corrected chi connectivity index (χ1v) is 5.72. The Balaban J connectivity index is 2.35. The van der Waals surface area contributed by atoms with E-state index in [-0.39, 0.29) is 10.8 Å². The third kappa shape index (κ3) is 1.23. The molecule has 14 heavy (non-hydrogen) atoms. The van der Waals surface area contributed by atoms with Gasteiger partial charge in [0.05, 0.1) is 0 Å². The minimum absolute atomic E-state index is 0.0752. The Morgan fingerprint density at radius 3 is 2.71 bits per heavy atom.